The van der Waals surface area contributed by atoms with Crippen LogP contribution in [0.4, 0.5) is 11.4 Å². The molecule has 0 aliphatic carbocycles. The number of rotatable bonds is 5. The Morgan fingerprint density at radius 1 is 1.12 bits per heavy atom. The van der Waals surface area contributed by atoms with E-state index in [9.17, 15) is 18.0 Å². The highest BCUT2D eigenvalue weighted by molar-refractivity contribution is 7.92. The van der Waals surface area contributed by atoms with Gasteiger partial charge in [-0.15, -0.1) is 0 Å². The standard InChI is InChI=1S/C17H17N3O4S/c18-17(22)12-3-1-4-13(11-12)19-25(23,24)15-8-6-14(7-9-15)20-10-2-5-16(20)21/h1,3-4,6-9,11,19H,2,5,10H2,(H2,18,22). The smallest absolute Gasteiger partial charge is 0.261 e. The minimum Gasteiger partial charge on any atom is -0.366 e. The monoisotopic (exact) mass is 359 g/mol. The van der Waals surface area contributed by atoms with Crippen molar-refractivity contribution in [3.05, 3.63) is 54.1 Å². The van der Waals surface area contributed by atoms with Crippen LogP contribution in [0.5, 0.6) is 0 Å². The number of nitrogens with one attached hydrogen (secondary N) is 1. The summed E-state index contributed by atoms with van der Waals surface area (Å²) in [6.07, 6.45) is 1.31. The summed E-state index contributed by atoms with van der Waals surface area (Å²) < 4.78 is 27.4. The zero-order chi connectivity index (χ0) is 18.0. The molecule has 1 fully saturated rings. The predicted molar refractivity (Wildman–Crippen MR) is 93.8 cm³/mol. The molecule has 1 aliphatic heterocycles. The van der Waals surface area contributed by atoms with Gasteiger partial charge >= 0.3 is 0 Å². The number of hydrogen-bond acceptors (Lipinski definition) is 4. The number of nitrogens with zero attached hydrogens (tertiary/aromatic N) is 1. The Balaban J connectivity index is 1.81. The Labute approximate surface area is 145 Å². The minimum atomic E-state index is -3.82. The molecule has 1 aliphatic rings. The molecule has 2 amide bonds. The molecular weight excluding hydrogens is 342 g/mol. The summed E-state index contributed by atoms with van der Waals surface area (Å²) in [5, 5.41) is 0. The van der Waals surface area contributed by atoms with Gasteiger partial charge < -0.3 is 10.6 Å². The first-order valence-electron chi connectivity index (χ1n) is 7.70. The Morgan fingerprint density at radius 3 is 2.44 bits per heavy atom. The third-order valence-corrected chi connectivity index (χ3v) is 5.33. The van der Waals surface area contributed by atoms with Crippen LogP contribution >= 0.6 is 0 Å². The number of sulfonamides is 1. The van der Waals surface area contributed by atoms with Gasteiger partial charge in [-0.3, -0.25) is 14.3 Å². The second-order valence-electron chi connectivity index (χ2n) is 5.69. The number of carbonyl (C=O) groups is 2. The SMILES string of the molecule is NC(=O)c1cccc(NS(=O)(=O)c2ccc(N3CCCC3=O)cc2)c1. The van der Waals surface area contributed by atoms with E-state index in [1.807, 2.05) is 0 Å². The second kappa shape index (κ2) is 6.56. The minimum absolute atomic E-state index is 0.0389. The van der Waals surface area contributed by atoms with Gasteiger partial charge in [0.1, 0.15) is 0 Å². The van der Waals surface area contributed by atoms with Gasteiger partial charge in [0.25, 0.3) is 10.0 Å². The van der Waals surface area contributed by atoms with E-state index in [4.69, 9.17) is 5.73 Å². The average Bonchev–Trinajstić information content (AvgIpc) is 3.01. The van der Waals surface area contributed by atoms with Crippen LogP contribution in [0.25, 0.3) is 0 Å². The molecule has 0 aromatic heterocycles. The van der Waals surface area contributed by atoms with E-state index in [2.05, 4.69) is 4.72 Å². The zero-order valence-electron chi connectivity index (χ0n) is 13.3. The van der Waals surface area contributed by atoms with Crippen LogP contribution in [0.2, 0.25) is 0 Å². The molecule has 0 bridgehead atoms. The third kappa shape index (κ3) is 3.63. The lowest BCUT2D eigenvalue weighted by atomic mass is 10.2. The summed E-state index contributed by atoms with van der Waals surface area (Å²) in [4.78, 5) is 24.6. The molecule has 130 valence electrons. The molecule has 1 heterocycles. The molecule has 0 unspecified atom stereocenters. The first-order chi connectivity index (χ1) is 11.9. The maximum Gasteiger partial charge on any atom is 0.261 e. The maximum absolute atomic E-state index is 12.5. The molecule has 2 aromatic rings. The zero-order valence-corrected chi connectivity index (χ0v) is 14.1. The van der Waals surface area contributed by atoms with Crippen molar-refractivity contribution in [2.24, 2.45) is 5.73 Å². The highest BCUT2D eigenvalue weighted by Gasteiger charge is 2.22. The van der Waals surface area contributed by atoms with Gasteiger partial charge in [-0.05, 0) is 48.9 Å². The van der Waals surface area contributed by atoms with Crippen LogP contribution in [0.15, 0.2) is 53.4 Å². The lowest BCUT2D eigenvalue weighted by Gasteiger charge is -2.16. The molecule has 7 nitrogen and oxygen atoms in total. The van der Waals surface area contributed by atoms with Crippen molar-refractivity contribution in [1.29, 1.82) is 0 Å². The molecule has 25 heavy (non-hydrogen) atoms. The van der Waals surface area contributed by atoms with Gasteiger partial charge in [0, 0.05) is 29.9 Å². The first kappa shape index (κ1) is 17.0. The van der Waals surface area contributed by atoms with E-state index in [1.165, 1.54) is 30.3 Å². The largest absolute Gasteiger partial charge is 0.366 e. The van der Waals surface area contributed by atoms with Crippen LogP contribution in [0.1, 0.15) is 23.2 Å². The molecule has 0 spiro atoms. The quantitative estimate of drug-likeness (QED) is 0.847. The fraction of sp³-hybridized carbons (Fsp3) is 0.176. The van der Waals surface area contributed by atoms with Crippen molar-refractivity contribution in [3.63, 3.8) is 0 Å². The Bertz CT molecular complexity index is 923. The van der Waals surface area contributed by atoms with Crippen LogP contribution < -0.4 is 15.4 Å². The highest BCUT2D eigenvalue weighted by Crippen LogP contribution is 2.24. The first-order valence-corrected chi connectivity index (χ1v) is 9.18. The van der Waals surface area contributed by atoms with Crippen molar-refractivity contribution in [1.82, 2.24) is 0 Å². The van der Waals surface area contributed by atoms with Crippen LogP contribution in [-0.4, -0.2) is 26.8 Å². The third-order valence-electron chi connectivity index (χ3n) is 3.93. The normalized spacial score (nSPS) is 14.6. The van der Waals surface area contributed by atoms with Crippen molar-refractivity contribution >= 4 is 33.2 Å². The van der Waals surface area contributed by atoms with Crippen molar-refractivity contribution in [2.75, 3.05) is 16.2 Å². The molecule has 0 atom stereocenters. The van der Waals surface area contributed by atoms with Gasteiger partial charge in [0.05, 0.1) is 4.90 Å². The number of carbonyl (C=O) groups excluding carboxylic acids is 2. The number of benzene rings is 2. The van der Waals surface area contributed by atoms with Gasteiger partial charge in [0.15, 0.2) is 0 Å². The van der Waals surface area contributed by atoms with Crippen LogP contribution in [0, 0.1) is 0 Å². The number of nitrogens with two attached hydrogens (primary N) is 1. The van der Waals surface area contributed by atoms with Gasteiger partial charge in [-0.1, -0.05) is 6.07 Å². The molecule has 0 radical (unpaired) electrons. The predicted octanol–water partition coefficient (Wildman–Crippen LogP) is 1.71. The van der Waals surface area contributed by atoms with Crippen LogP contribution in [-0.2, 0) is 14.8 Å². The number of anilines is 2. The molecule has 0 saturated carbocycles. The Hall–Kier alpha value is -2.87. The molecular formula is C17H17N3O4S. The second-order valence-corrected chi connectivity index (χ2v) is 7.38. The molecule has 3 N–H and O–H groups in total. The summed E-state index contributed by atoms with van der Waals surface area (Å²) in [5.41, 5.74) is 6.33. The number of amides is 2. The van der Waals surface area contributed by atoms with E-state index in [-0.39, 0.29) is 22.1 Å². The summed E-state index contributed by atoms with van der Waals surface area (Å²) in [6.45, 7) is 0.642. The Kier molecular flexibility index (Phi) is 4.45. The summed E-state index contributed by atoms with van der Waals surface area (Å²) in [5.74, 6) is -0.599. The average molecular weight is 359 g/mol. The molecule has 1 saturated heterocycles. The van der Waals surface area contributed by atoms with E-state index in [1.54, 1.807) is 23.1 Å². The molecule has 2 aromatic carbocycles. The van der Waals surface area contributed by atoms with Gasteiger partial charge in [-0.25, -0.2) is 8.42 Å². The summed E-state index contributed by atoms with van der Waals surface area (Å²) >= 11 is 0. The van der Waals surface area contributed by atoms with Crippen LogP contribution in [0.3, 0.4) is 0 Å². The maximum atomic E-state index is 12.5. The Morgan fingerprint density at radius 2 is 1.84 bits per heavy atom. The summed E-state index contributed by atoms with van der Waals surface area (Å²) in [6, 6.07) is 12.1. The van der Waals surface area contributed by atoms with E-state index < -0.39 is 15.9 Å². The lowest BCUT2D eigenvalue weighted by Crippen LogP contribution is -2.23. The highest BCUT2D eigenvalue weighted by atomic mass is 32.2. The molecule has 3 rings (SSSR count). The van der Waals surface area contributed by atoms with E-state index >= 15 is 0 Å². The van der Waals surface area contributed by atoms with Crippen molar-refractivity contribution < 1.29 is 18.0 Å². The van der Waals surface area contributed by atoms with Crippen molar-refractivity contribution in [3.8, 4) is 0 Å². The number of primary amides is 1. The fourth-order valence-electron chi connectivity index (χ4n) is 2.68. The lowest BCUT2D eigenvalue weighted by molar-refractivity contribution is -0.117. The van der Waals surface area contributed by atoms with E-state index in [0.29, 0.717) is 18.7 Å². The summed E-state index contributed by atoms with van der Waals surface area (Å²) in [7, 11) is -3.82. The fourth-order valence-corrected chi connectivity index (χ4v) is 3.73. The van der Waals surface area contributed by atoms with E-state index in [0.717, 1.165) is 6.42 Å². The number of hydrogen-bond donors (Lipinski definition) is 2. The molecule has 8 heteroatoms. The van der Waals surface area contributed by atoms with Gasteiger partial charge in [-0.2, -0.15) is 0 Å². The topological polar surface area (TPSA) is 110 Å². The van der Waals surface area contributed by atoms with Gasteiger partial charge in [0.2, 0.25) is 11.8 Å². The van der Waals surface area contributed by atoms with Crippen molar-refractivity contribution in [2.45, 2.75) is 17.7 Å².